The van der Waals surface area contributed by atoms with Crippen LogP contribution in [0.4, 0.5) is 0 Å². The van der Waals surface area contributed by atoms with Crippen LogP contribution in [0.1, 0.15) is 58.1 Å². The van der Waals surface area contributed by atoms with Gasteiger partial charge in [-0.25, -0.2) is 0 Å². The van der Waals surface area contributed by atoms with Crippen LogP contribution >= 0.6 is 0 Å². The Kier molecular flexibility index (Phi) is 8.46. The van der Waals surface area contributed by atoms with E-state index in [2.05, 4.69) is 37.5 Å². The first-order valence-corrected chi connectivity index (χ1v) is 9.01. The fourth-order valence-corrected chi connectivity index (χ4v) is 2.38. The minimum atomic E-state index is -0.191. The third-order valence-corrected chi connectivity index (χ3v) is 3.83. The highest BCUT2D eigenvalue weighted by Crippen LogP contribution is 2.32. The molecule has 2 N–H and O–H groups in total. The number of carbonyl (C=O) groups is 2. The Morgan fingerprint density at radius 1 is 1.08 bits per heavy atom. The van der Waals surface area contributed by atoms with Gasteiger partial charge in [0.25, 0.3) is 5.91 Å². The highest BCUT2D eigenvalue weighted by Gasteiger charge is 2.19. The number of benzene rings is 1. The SMILES string of the molecule is CCCCC(=O)NCCNC(=O)COc1ccc(C)cc1C(C)(C)C. The Morgan fingerprint density at radius 3 is 2.32 bits per heavy atom. The summed E-state index contributed by atoms with van der Waals surface area (Å²) in [6.07, 6.45) is 2.42. The molecule has 0 radical (unpaired) electrons. The lowest BCUT2D eigenvalue weighted by Gasteiger charge is -2.23. The predicted octanol–water partition coefficient (Wildman–Crippen LogP) is 3.09. The normalized spacial score (nSPS) is 11.1. The van der Waals surface area contributed by atoms with Gasteiger partial charge in [-0.05, 0) is 30.4 Å². The van der Waals surface area contributed by atoms with Crippen LogP contribution in [0, 0.1) is 6.92 Å². The number of unbranched alkanes of at least 4 members (excludes halogenated alkanes) is 1. The van der Waals surface area contributed by atoms with Gasteiger partial charge in [-0.15, -0.1) is 0 Å². The Balaban J connectivity index is 2.39. The van der Waals surface area contributed by atoms with Gasteiger partial charge in [0.05, 0.1) is 0 Å². The summed E-state index contributed by atoms with van der Waals surface area (Å²) < 4.78 is 5.71. The first-order chi connectivity index (χ1) is 11.7. The molecule has 2 amide bonds. The first-order valence-electron chi connectivity index (χ1n) is 9.01. The van der Waals surface area contributed by atoms with Crippen molar-refractivity contribution >= 4 is 11.8 Å². The molecule has 0 saturated heterocycles. The number of ether oxygens (including phenoxy) is 1. The lowest BCUT2D eigenvalue weighted by molar-refractivity contribution is -0.124. The summed E-state index contributed by atoms with van der Waals surface area (Å²) in [4.78, 5) is 23.4. The molecule has 1 aromatic carbocycles. The summed E-state index contributed by atoms with van der Waals surface area (Å²) in [5, 5.41) is 5.54. The van der Waals surface area contributed by atoms with E-state index in [9.17, 15) is 9.59 Å². The van der Waals surface area contributed by atoms with Gasteiger partial charge in [0.1, 0.15) is 5.75 Å². The maximum Gasteiger partial charge on any atom is 0.258 e. The molecule has 0 saturated carbocycles. The molecule has 5 heteroatoms. The molecule has 1 aromatic rings. The van der Waals surface area contributed by atoms with Crippen LogP contribution in [-0.4, -0.2) is 31.5 Å². The number of hydrogen-bond acceptors (Lipinski definition) is 3. The lowest BCUT2D eigenvalue weighted by Crippen LogP contribution is -2.36. The fraction of sp³-hybridized carbons (Fsp3) is 0.600. The zero-order valence-corrected chi connectivity index (χ0v) is 16.2. The molecular weight excluding hydrogens is 316 g/mol. The van der Waals surface area contributed by atoms with E-state index in [1.54, 1.807) is 0 Å². The second-order valence-corrected chi connectivity index (χ2v) is 7.34. The molecule has 0 spiro atoms. The second-order valence-electron chi connectivity index (χ2n) is 7.34. The molecule has 140 valence electrons. The van der Waals surface area contributed by atoms with E-state index in [0.29, 0.717) is 19.5 Å². The van der Waals surface area contributed by atoms with Crippen molar-refractivity contribution in [3.63, 3.8) is 0 Å². The average Bonchev–Trinajstić information content (AvgIpc) is 2.54. The van der Waals surface area contributed by atoms with Crippen LogP contribution in [0.15, 0.2) is 18.2 Å². The van der Waals surface area contributed by atoms with Crippen molar-refractivity contribution in [1.29, 1.82) is 0 Å². The molecule has 25 heavy (non-hydrogen) atoms. The van der Waals surface area contributed by atoms with E-state index in [0.717, 1.165) is 24.2 Å². The minimum Gasteiger partial charge on any atom is -0.483 e. The van der Waals surface area contributed by atoms with Gasteiger partial charge in [-0.2, -0.15) is 0 Å². The monoisotopic (exact) mass is 348 g/mol. The van der Waals surface area contributed by atoms with Crippen molar-refractivity contribution < 1.29 is 14.3 Å². The largest absolute Gasteiger partial charge is 0.483 e. The minimum absolute atomic E-state index is 0.0295. The van der Waals surface area contributed by atoms with Gasteiger partial charge in [0.15, 0.2) is 6.61 Å². The van der Waals surface area contributed by atoms with Crippen LogP contribution < -0.4 is 15.4 Å². The summed E-state index contributed by atoms with van der Waals surface area (Å²) in [7, 11) is 0. The van der Waals surface area contributed by atoms with Crippen molar-refractivity contribution in [2.75, 3.05) is 19.7 Å². The Bertz CT molecular complexity index is 577. The lowest BCUT2D eigenvalue weighted by atomic mass is 9.85. The standard InChI is InChI=1S/C20H32N2O3/c1-6-7-8-18(23)21-11-12-22-19(24)14-25-17-10-9-15(2)13-16(17)20(3,4)5/h9-10,13H,6-8,11-12,14H2,1-5H3,(H,21,23)(H,22,24). The number of rotatable bonds is 9. The van der Waals surface area contributed by atoms with Crippen LogP contribution in [-0.2, 0) is 15.0 Å². The first kappa shape index (κ1) is 21.0. The molecule has 0 aliphatic rings. The third-order valence-electron chi connectivity index (χ3n) is 3.83. The van der Waals surface area contributed by atoms with Crippen molar-refractivity contribution in [1.82, 2.24) is 10.6 Å². The number of aryl methyl sites for hydroxylation is 1. The fourth-order valence-electron chi connectivity index (χ4n) is 2.38. The van der Waals surface area contributed by atoms with E-state index < -0.39 is 0 Å². The zero-order chi connectivity index (χ0) is 18.9. The summed E-state index contributed by atoms with van der Waals surface area (Å²) in [6.45, 7) is 11.3. The second kappa shape index (κ2) is 10.1. The zero-order valence-electron chi connectivity index (χ0n) is 16.2. The number of amides is 2. The number of carbonyl (C=O) groups excluding carboxylic acids is 2. The van der Waals surface area contributed by atoms with Crippen LogP contribution in [0.3, 0.4) is 0 Å². The van der Waals surface area contributed by atoms with E-state index in [4.69, 9.17) is 4.74 Å². The van der Waals surface area contributed by atoms with Gasteiger partial charge >= 0.3 is 0 Å². The summed E-state index contributed by atoms with van der Waals surface area (Å²) >= 11 is 0. The van der Waals surface area contributed by atoms with Crippen molar-refractivity contribution in [3.05, 3.63) is 29.3 Å². The van der Waals surface area contributed by atoms with Gasteiger partial charge in [0.2, 0.25) is 5.91 Å². The van der Waals surface area contributed by atoms with Crippen LogP contribution in [0.2, 0.25) is 0 Å². The van der Waals surface area contributed by atoms with E-state index in [-0.39, 0.29) is 23.8 Å². The maximum absolute atomic E-state index is 11.9. The number of hydrogen-bond donors (Lipinski definition) is 2. The summed E-state index contributed by atoms with van der Waals surface area (Å²) in [5.74, 6) is 0.575. The van der Waals surface area contributed by atoms with Gasteiger partial charge in [-0.3, -0.25) is 9.59 Å². The molecule has 1 rings (SSSR count). The quantitative estimate of drug-likeness (QED) is 0.674. The molecule has 0 aromatic heterocycles. The Morgan fingerprint density at radius 2 is 1.72 bits per heavy atom. The third kappa shape index (κ3) is 8.05. The van der Waals surface area contributed by atoms with Crippen molar-refractivity contribution in [2.45, 2.75) is 59.3 Å². The molecule has 0 heterocycles. The van der Waals surface area contributed by atoms with E-state index in [1.807, 2.05) is 26.0 Å². The molecule has 0 aliphatic heterocycles. The van der Waals surface area contributed by atoms with E-state index >= 15 is 0 Å². The highest BCUT2D eigenvalue weighted by atomic mass is 16.5. The summed E-state index contributed by atoms with van der Waals surface area (Å²) in [6, 6.07) is 5.99. The van der Waals surface area contributed by atoms with Crippen molar-refractivity contribution in [2.24, 2.45) is 0 Å². The molecular formula is C20H32N2O3. The molecule has 0 bridgehead atoms. The van der Waals surface area contributed by atoms with Gasteiger partial charge < -0.3 is 15.4 Å². The molecule has 0 unspecified atom stereocenters. The Hall–Kier alpha value is -2.04. The van der Waals surface area contributed by atoms with Crippen molar-refractivity contribution in [3.8, 4) is 5.75 Å². The maximum atomic E-state index is 11.9. The molecule has 0 atom stereocenters. The van der Waals surface area contributed by atoms with Gasteiger partial charge in [0, 0.05) is 19.5 Å². The molecule has 5 nitrogen and oxygen atoms in total. The van der Waals surface area contributed by atoms with Gasteiger partial charge in [-0.1, -0.05) is 51.8 Å². The predicted molar refractivity (Wildman–Crippen MR) is 101 cm³/mol. The topological polar surface area (TPSA) is 67.4 Å². The summed E-state index contributed by atoms with van der Waals surface area (Å²) in [5.41, 5.74) is 2.20. The van der Waals surface area contributed by atoms with Crippen LogP contribution in [0.25, 0.3) is 0 Å². The van der Waals surface area contributed by atoms with Crippen LogP contribution in [0.5, 0.6) is 5.75 Å². The molecule has 0 aliphatic carbocycles. The average molecular weight is 348 g/mol. The highest BCUT2D eigenvalue weighted by molar-refractivity contribution is 5.78. The molecule has 0 fully saturated rings. The smallest absolute Gasteiger partial charge is 0.258 e. The van der Waals surface area contributed by atoms with E-state index in [1.165, 1.54) is 5.56 Å². The Labute approximate surface area is 151 Å². The number of nitrogens with one attached hydrogen (secondary N) is 2.